The molecule has 1 aromatic rings. The normalized spacial score (nSPS) is 10.8. The third-order valence-electron chi connectivity index (χ3n) is 1.19. The Labute approximate surface area is 77.3 Å². The van der Waals surface area contributed by atoms with Gasteiger partial charge in [0.15, 0.2) is 5.15 Å². The van der Waals surface area contributed by atoms with E-state index in [1.807, 2.05) is 0 Å². The summed E-state index contributed by atoms with van der Waals surface area (Å²) in [4.78, 5) is 3.33. The van der Waals surface area contributed by atoms with Gasteiger partial charge in [0, 0.05) is 0 Å². The van der Waals surface area contributed by atoms with E-state index in [9.17, 15) is 8.78 Å². The summed E-state index contributed by atoms with van der Waals surface area (Å²) in [6.45, 7) is 0. The minimum Gasteiger partial charge on any atom is -0.396 e. The highest BCUT2D eigenvalue weighted by Gasteiger charge is 2.15. The molecular weight excluding hydrogens is 209 g/mol. The van der Waals surface area contributed by atoms with Crippen LogP contribution in [0.25, 0.3) is 0 Å². The van der Waals surface area contributed by atoms with Gasteiger partial charge >= 0.3 is 0 Å². The largest absolute Gasteiger partial charge is 0.396 e. The number of rotatable bonds is 1. The Bertz CT molecular complexity index is 304. The Morgan fingerprint density at radius 1 is 1.42 bits per heavy atom. The summed E-state index contributed by atoms with van der Waals surface area (Å²) >= 11 is 10.8. The van der Waals surface area contributed by atoms with Crippen LogP contribution in [0.5, 0.6) is 0 Å². The molecule has 0 spiro atoms. The lowest BCUT2D eigenvalue weighted by Crippen LogP contribution is -1.96. The molecule has 0 aliphatic rings. The van der Waals surface area contributed by atoms with Crippen LogP contribution < -0.4 is 5.73 Å². The SMILES string of the molecule is Nc1cc(Cl)c(C(F)F)nc1Cl. The van der Waals surface area contributed by atoms with E-state index >= 15 is 0 Å². The third kappa shape index (κ3) is 1.76. The molecule has 0 unspecified atom stereocenters. The lowest BCUT2D eigenvalue weighted by Gasteiger charge is -2.03. The van der Waals surface area contributed by atoms with Crippen LogP contribution in [0.15, 0.2) is 6.07 Å². The van der Waals surface area contributed by atoms with Gasteiger partial charge in [-0.1, -0.05) is 23.2 Å². The number of halogens is 4. The summed E-state index contributed by atoms with van der Waals surface area (Å²) < 4.78 is 24.2. The van der Waals surface area contributed by atoms with E-state index in [0.29, 0.717) is 0 Å². The average Bonchev–Trinajstić information content (AvgIpc) is 1.96. The second kappa shape index (κ2) is 3.41. The minimum absolute atomic E-state index is 0.0890. The number of nitrogens with zero attached hydrogens (tertiary/aromatic N) is 1. The van der Waals surface area contributed by atoms with Crippen molar-refractivity contribution in [2.45, 2.75) is 6.43 Å². The summed E-state index contributed by atoms with van der Waals surface area (Å²) in [6, 6.07) is 1.15. The molecule has 0 fully saturated rings. The highest BCUT2D eigenvalue weighted by Crippen LogP contribution is 2.29. The van der Waals surface area contributed by atoms with Crippen LogP contribution in [-0.4, -0.2) is 4.98 Å². The molecule has 0 saturated carbocycles. The van der Waals surface area contributed by atoms with Gasteiger partial charge in [-0.2, -0.15) is 0 Å². The Hall–Kier alpha value is -0.610. The molecule has 1 aromatic heterocycles. The first kappa shape index (κ1) is 9.48. The van der Waals surface area contributed by atoms with Gasteiger partial charge in [0.25, 0.3) is 6.43 Å². The van der Waals surface area contributed by atoms with Gasteiger partial charge in [-0.15, -0.1) is 0 Å². The van der Waals surface area contributed by atoms with Gasteiger partial charge in [-0.25, -0.2) is 13.8 Å². The maximum absolute atomic E-state index is 12.1. The van der Waals surface area contributed by atoms with Crippen molar-refractivity contribution in [3.63, 3.8) is 0 Å². The predicted molar refractivity (Wildman–Crippen MR) is 43.6 cm³/mol. The summed E-state index contributed by atoms with van der Waals surface area (Å²) in [7, 11) is 0. The first-order chi connectivity index (χ1) is 5.52. The van der Waals surface area contributed by atoms with Gasteiger partial charge in [-0.3, -0.25) is 0 Å². The van der Waals surface area contributed by atoms with Crippen molar-refractivity contribution in [3.05, 3.63) is 21.9 Å². The van der Waals surface area contributed by atoms with E-state index in [4.69, 9.17) is 28.9 Å². The summed E-state index contributed by atoms with van der Waals surface area (Å²) in [6.07, 6.45) is -2.74. The van der Waals surface area contributed by atoms with E-state index in [2.05, 4.69) is 4.98 Å². The maximum Gasteiger partial charge on any atom is 0.281 e. The molecule has 0 saturated heterocycles. The van der Waals surface area contributed by atoms with Crippen molar-refractivity contribution in [1.29, 1.82) is 0 Å². The van der Waals surface area contributed by atoms with Gasteiger partial charge in [0.05, 0.1) is 10.7 Å². The fraction of sp³-hybridized carbons (Fsp3) is 0.167. The average molecular weight is 213 g/mol. The zero-order valence-corrected chi connectivity index (χ0v) is 7.20. The van der Waals surface area contributed by atoms with Crippen LogP contribution in [0.3, 0.4) is 0 Å². The molecule has 0 aliphatic heterocycles. The molecule has 2 N–H and O–H groups in total. The molecule has 12 heavy (non-hydrogen) atoms. The van der Waals surface area contributed by atoms with Crippen molar-refractivity contribution in [2.75, 3.05) is 5.73 Å². The molecule has 1 heterocycles. The number of hydrogen-bond donors (Lipinski definition) is 1. The van der Waals surface area contributed by atoms with Crippen molar-refractivity contribution >= 4 is 28.9 Å². The second-order valence-electron chi connectivity index (χ2n) is 2.04. The number of alkyl halides is 2. The second-order valence-corrected chi connectivity index (χ2v) is 2.80. The lowest BCUT2D eigenvalue weighted by molar-refractivity contribution is 0.146. The fourth-order valence-electron chi connectivity index (χ4n) is 0.647. The van der Waals surface area contributed by atoms with Crippen LogP contribution >= 0.6 is 23.2 Å². The number of nitrogens with two attached hydrogens (primary N) is 1. The molecule has 66 valence electrons. The fourth-order valence-corrected chi connectivity index (χ4v) is 1.03. The van der Waals surface area contributed by atoms with Crippen molar-refractivity contribution in [3.8, 4) is 0 Å². The Morgan fingerprint density at radius 3 is 2.50 bits per heavy atom. The Kier molecular flexibility index (Phi) is 2.69. The molecule has 6 heteroatoms. The molecule has 0 atom stereocenters. The van der Waals surface area contributed by atoms with Crippen LogP contribution in [0.2, 0.25) is 10.2 Å². The highest BCUT2D eigenvalue weighted by molar-refractivity contribution is 6.34. The summed E-state index contributed by atoms with van der Waals surface area (Å²) in [5, 5.41) is -0.332. The van der Waals surface area contributed by atoms with E-state index in [1.54, 1.807) is 0 Å². The Balaban J connectivity index is 3.23. The van der Waals surface area contributed by atoms with Gasteiger partial charge in [-0.05, 0) is 6.07 Å². The predicted octanol–water partition coefficient (Wildman–Crippen LogP) is 2.91. The van der Waals surface area contributed by atoms with Crippen LogP contribution in [0.4, 0.5) is 14.5 Å². The number of hydrogen-bond acceptors (Lipinski definition) is 2. The van der Waals surface area contributed by atoms with Crippen LogP contribution in [-0.2, 0) is 0 Å². The zero-order valence-electron chi connectivity index (χ0n) is 5.69. The molecule has 0 radical (unpaired) electrons. The standard InChI is InChI=1S/C6H4Cl2F2N2/c7-2-1-3(11)5(8)12-4(2)6(9)10/h1,6H,11H2. The van der Waals surface area contributed by atoms with Gasteiger partial charge in [0.1, 0.15) is 5.69 Å². The van der Waals surface area contributed by atoms with Crippen LogP contribution in [0, 0.1) is 0 Å². The maximum atomic E-state index is 12.1. The van der Waals surface area contributed by atoms with E-state index in [-0.39, 0.29) is 15.9 Å². The van der Waals surface area contributed by atoms with Crippen molar-refractivity contribution in [1.82, 2.24) is 4.98 Å². The first-order valence-corrected chi connectivity index (χ1v) is 3.67. The van der Waals surface area contributed by atoms with Gasteiger partial charge < -0.3 is 5.73 Å². The summed E-state index contributed by atoms with van der Waals surface area (Å²) in [5.74, 6) is 0. The highest BCUT2D eigenvalue weighted by atomic mass is 35.5. The molecule has 0 aromatic carbocycles. The van der Waals surface area contributed by atoms with E-state index in [0.717, 1.165) is 6.07 Å². The van der Waals surface area contributed by atoms with E-state index < -0.39 is 12.1 Å². The topological polar surface area (TPSA) is 38.9 Å². The quantitative estimate of drug-likeness (QED) is 0.728. The lowest BCUT2D eigenvalue weighted by atomic mass is 10.3. The van der Waals surface area contributed by atoms with Crippen LogP contribution in [0.1, 0.15) is 12.1 Å². The first-order valence-electron chi connectivity index (χ1n) is 2.92. The summed E-state index contributed by atoms with van der Waals surface area (Å²) in [5.41, 5.74) is 4.81. The molecule has 0 bridgehead atoms. The van der Waals surface area contributed by atoms with Gasteiger partial charge in [0.2, 0.25) is 0 Å². The Morgan fingerprint density at radius 2 is 2.00 bits per heavy atom. The number of nitrogen functional groups attached to an aromatic ring is 1. The smallest absolute Gasteiger partial charge is 0.281 e. The molecule has 0 amide bonds. The molecule has 0 aliphatic carbocycles. The monoisotopic (exact) mass is 212 g/mol. The van der Waals surface area contributed by atoms with Crippen molar-refractivity contribution < 1.29 is 8.78 Å². The third-order valence-corrected chi connectivity index (χ3v) is 1.80. The number of aromatic nitrogens is 1. The number of anilines is 1. The molecular formula is C6H4Cl2F2N2. The van der Waals surface area contributed by atoms with Crippen molar-refractivity contribution in [2.24, 2.45) is 0 Å². The number of pyridine rings is 1. The molecule has 1 rings (SSSR count). The molecule has 2 nitrogen and oxygen atoms in total. The minimum atomic E-state index is -2.74. The zero-order chi connectivity index (χ0) is 9.30. The van der Waals surface area contributed by atoms with E-state index in [1.165, 1.54) is 0 Å².